The number of aliphatic carboxylic acids is 1. The predicted octanol–water partition coefficient (Wildman–Crippen LogP) is 4.24. The quantitative estimate of drug-likeness (QED) is 0.717. The minimum Gasteiger partial charge on any atom is -0.494 e. The average Bonchev–Trinajstić information content (AvgIpc) is 2.61. The Morgan fingerprint density at radius 3 is 2.54 bits per heavy atom. The summed E-state index contributed by atoms with van der Waals surface area (Å²) in [7, 11) is 1.42. The van der Waals surface area contributed by atoms with Gasteiger partial charge in [-0.3, -0.25) is 4.79 Å². The van der Waals surface area contributed by atoms with Gasteiger partial charge in [-0.05, 0) is 36.9 Å². The first-order chi connectivity index (χ1) is 12.4. The van der Waals surface area contributed by atoms with E-state index in [4.69, 9.17) is 9.84 Å². The number of carbonyl (C=O) groups is 1. The summed E-state index contributed by atoms with van der Waals surface area (Å²) in [4.78, 5) is 15.7. The number of pyridine rings is 1. The Labute approximate surface area is 150 Å². The Bertz CT molecular complexity index is 988. The number of nitrogens with zero attached hydrogens (tertiary/aromatic N) is 1. The van der Waals surface area contributed by atoms with Crippen LogP contribution in [0.15, 0.2) is 42.5 Å². The van der Waals surface area contributed by atoms with Gasteiger partial charge in [0.25, 0.3) is 0 Å². The van der Waals surface area contributed by atoms with Gasteiger partial charge in [0, 0.05) is 16.6 Å². The van der Waals surface area contributed by atoms with Crippen molar-refractivity contribution in [2.75, 3.05) is 12.4 Å². The SMILES string of the molecule is COc1ccc(-c2c(C)nc(NC(C)C(=O)O)c3ccccc23)cc1F. The lowest BCUT2D eigenvalue weighted by Gasteiger charge is -2.17. The molecule has 6 heteroatoms. The minimum atomic E-state index is -0.963. The molecule has 1 atom stereocenters. The second-order valence-electron chi connectivity index (χ2n) is 6.02. The van der Waals surface area contributed by atoms with Crippen molar-refractivity contribution in [2.45, 2.75) is 19.9 Å². The third-order valence-electron chi connectivity index (χ3n) is 4.26. The molecule has 1 aromatic heterocycles. The maximum absolute atomic E-state index is 14.2. The summed E-state index contributed by atoms with van der Waals surface area (Å²) in [6.07, 6.45) is 0. The molecule has 2 N–H and O–H groups in total. The zero-order chi connectivity index (χ0) is 18.8. The first kappa shape index (κ1) is 17.7. The molecule has 2 aromatic carbocycles. The fourth-order valence-electron chi connectivity index (χ4n) is 2.95. The second-order valence-corrected chi connectivity index (χ2v) is 6.02. The van der Waals surface area contributed by atoms with Crippen molar-refractivity contribution in [1.82, 2.24) is 4.98 Å². The number of hydrogen-bond donors (Lipinski definition) is 2. The lowest BCUT2D eigenvalue weighted by atomic mass is 9.97. The van der Waals surface area contributed by atoms with E-state index in [2.05, 4.69) is 10.3 Å². The molecular formula is C20H19FN2O3. The molecule has 0 aliphatic heterocycles. The number of benzene rings is 2. The largest absolute Gasteiger partial charge is 0.494 e. The summed E-state index contributed by atoms with van der Waals surface area (Å²) in [6, 6.07) is 11.5. The van der Waals surface area contributed by atoms with E-state index in [1.165, 1.54) is 13.2 Å². The van der Waals surface area contributed by atoms with Crippen molar-refractivity contribution in [3.63, 3.8) is 0 Å². The zero-order valence-electron chi connectivity index (χ0n) is 14.7. The van der Waals surface area contributed by atoms with Gasteiger partial charge in [-0.2, -0.15) is 0 Å². The van der Waals surface area contributed by atoms with E-state index in [-0.39, 0.29) is 5.75 Å². The summed E-state index contributed by atoms with van der Waals surface area (Å²) >= 11 is 0. The number of ether oxygens (including phenoxy) is 1. The van der Waals surface area contributed by atoms with Crippen molar-refractivity contribution in [3.05, 3.63) is 54.0 Å². The van der Waals surface area contributed by atoms with E-state index in [9.17, 15) is 9.18 Å². The molecule has 1 heterocycles. The topological polar surface area (TPSA) is 71.5 Å². The number of rotatable bonds is 5. The summed E-state index contributed by atoms with van der Waals surface area (Å²) < 4.78 is 19.2. The third kappa shape index (κ3) is 3.18. The molecule has 5 nitrogen and oxygen atoms in total. The zero-order valence-corrected chi connectivity index (χ0v) is 14.7. The van der Waals surface area contributed by atoms with Gasteiger partial charge < -0.3 is 15.2 Å². The van der Waals surface area contributed by atoms with Crippen LogP contribution in [-0.4, -0.2) is 29.2 Å². The van der Waals surface area contributed by atoms with Crippen LogP contribution in [0.5, 0.6) is 5.75 Å². The maximum Gasteiger partial charge on any atom is 0.325 e. The smallest absolute Gasteiger partial charge is 0.325 e. The molecule has 0 aliphatic carbocycles. The summed E-state index contributed by atoms with van der Waals surface area (Å²) in [5.41, 5.74) is 2.16. The van der Waals surface area contributed by atoms with Gasteiger partial charge in [0.1, 0.15) is 11.9 Å². The van der Waals surface area contributed by atoms with Gasteiger partial charge >= 0.3 is 5.97 Å². The van der Waals surface area contributed by atoms with E-state index < -0.39 is 17.8 Å². The number of methoxy groups -OCH3 is 1. The number of carboxylic acid groups (broad SMARTS) is 1. The first-order valence-corrected chi connectivity index (χ1v) is 8.15. The van der Waals surface area contributed by atoms with Crippen LogP contribution in [0.2, 0.25) is 0 Å². The first-order valence-electron chi connectivity index (χ1n) is 8.15. The Morgan fingerprint density at radius 1 is 1.23 bits per heavy atom. The molecule has 0 bridgehead atoms. The molecule has 0 aliphatic rings. The molecule has 0 spiro atoms. The van der Waals surface area contributed by atoms with Crippen molar-refractivity contribution in [3.8, 4) is 16.9 Å². The molecule has 0 saturated carbocycles. The van der Waals surface area contributed by atoms with Gasteiger partial charge in [0.2, 0.25) is 0 Å². The summed E-state index contributed by atoms with van der Waals surface area (Å²) in [5, 5.41) is 13.7. The Kier molecular flexibility index (Phi) is 4.75. The molecule has 134 valence electrons. The van der Waals surface area contributed by atoms with Crippen molar-refractivity contribution < 1.29 is 19.0 Å². The molecule has 0 amide bonds. The van der Waals surface area contributed by atoms with E-state index in [0.717, 1.165) is 16.3 Å². The van der Waals surface area contributed by atoms with Crippen LogP contribution in [0, 0.1) is 12.7 Å². The molecule has 1 unspecified atom stereocenters. The van der Waals surface area contributed by atoms with Crippen molar-refractivity contribution >= 4 is 22.6 Å². The minimum absolute atomic E-state index is 0.178. The normalized spacial score (nSPS) is 12.0. The Balaban J connectivity index is 2.20. The van der Waals surface area contributed by atoms with Crippen LogP contribution in [-0.2, 0) is 4.79 Å². The van der Waals surface area contributed by atoms with Crippen LogP contribution in [0.1, 0.15) is 12.6 Å². The second kappa shape index (κ2) is 7.00. The Hall–Kier alpha value is -3.15. The lowest BCUT2D eigenvalue weighted by Crippen LogP contribution is -2.26. The summed E-state index contributed by atoms with van der Waals surface area (Å²) in [5.74, 6) is -0.743. The molecule has 0 saturated heterocycles. The molecule has 26 heavy (non-hydrogen) atoms. The maximum atomic E-state index is 14.2. The number of aromatic nitrogens is 1. The number of nitrogens with one attached hydrogen (secondary N) is 1. The number of aryl methyl sites for hydroxylation is 1. The van der Waals surface area contributed by atoms with Gasteiger partial charge in [-0.1, -0.05) is 30.3 Å². The highest BCUT2D eigenvalue weighted by molar-refractivity contribution is 6.03. The molecular weight excluding hydrogens is 335 g/mol. The van der Waals surface area contributed by atoms with Gasteiger partial charge in [-0.25, -0.2) is 9.37 Å². The molecule has 0 radical (unpaired) electrons. The number of fused-ring (bicyclic) bond motifs is 1. The van der Waals surface area contributed by atoms with E-state index in [0.29, 0.717) is 17.1 Å². The number of hydrogen-bond acceptors (Lipinski definition) is 4. The van der Waals surface area contributed by atoms with Gasteiger partial charge in [0.05, 0.1) is 7.11 Å². The monoisotopic (exact) mass is 354 g/mol. The molecule has 0 fully saturated rings. The fourth-order valence-corrected chi connectivity index (χ4v) is 2.95. The average molecular weight is 354 g/mol. The van der Waals surface area contributed by atoms with E-state index in [1.807, 2.05) is 31.2 Å². The van der Waals surface area contributed by atoms with Crippen molar-refractivity contribution in [2.24, 2.45) is 0 Å². The molecule has 3 aromatic rings. The van der Waals surface area contributed by atoms with E-state index in [1.54, 1.807) is 19.1 Å². The predicted molar refractivity (Wildman–Crippen MR) is 99.1 cm³/mol. The highest BCUT2D eigenvalue weighted by atomic mass is 19.1. The highest BCUT2D eigenvalue weighted by Gasteiger charge is 2.17. The van der Waals surface area contributed by atoms with E-state index >= 15 is 0 Å². The van der Waals surface area contributed by atoms with Gasteiger partial charge in [0.15, 0.2) is 11.6 Å². The summed E-state index contributed by atoms with van der Waals surface area (Å²) in [6.45, 7) is 3.38. The number of halogens is 1. The van der Waals surface area contributed by atoms with Crippen LogP contribution in [0.4, 0.5) is 10.2 Å². The molecule has 3 rings (SSSR count). The Morgan fingerprint density at radius 2 is 1.92 bits per heavy atom. The van der Waals surface area contributed by atoms with Crippen LogP contribution in [0.3, 0.4) is 0 Å². The highest BCUT2D eigenvalue weighted by Crippen LogP contribution is 2.36. The fraction of sp³-hybridized carbons (Fsp3) is 0.200. The standard InChI is InChI=1S/C20H19FN2O3/c1-11-18(13-8-9-17(26-3)16(21)10-13)14-6-4-5-7-15(14)19(22-11)23-12(2)20(24)25/h4-10,12H,1-3H3,(H,22,23)(H,24,25). The number of anilines is 1. The van der Waals surface area contributed by atoms with Crippen LogP contribution < -0.4 is 10.1 Å². The van der Waals surface area contributed by atoms with Crippen molar-refractivity contribution in [1.29, 1.82) is 0 Å². The van der Waals surface area contributed by atoms with Crippen LogP contribution in [0.25, 0.3) is 21.9 Å². The third-order valence-corrected chi connectivity index (χ3v) is 4.26. The van der Waals surface area contributed by atoms with Crippen LogP contribution >= 0.6 is 0 Å². The number of carboxylic acids is 1. The van der Waals surface area contributed by atoms with Gasteiger partial charge in [-0.15, -0.1) is 0 Å². The lowest BCUT2D eigenvalue weighted by molar-refractivity contribution is -0.137.